The molecule has 0 amide bonds. The fraction of sp³-hybridized carbons (Fsp3) is 0.947. The molecule has 4 nitrogen and oxygen atoms in total. The maximum atomic E-state index is 11.9. The predicted octanol–water partition coefficient (Wildman–Crippen LogP) is 4.41. The Hall–Kier alpha value is -0.610. The number of quaternary nitrogens is 1. The molecule has 0 bridgehead atoms. The van der Waals surface area contributed by atoms with Crippen molar-refractivity contribution in [2.75, 3.05) is 6.54 Å². The summed E-state index contributed by atoms with van der Waals surface area (Å²) in [7, 11) is 0. The zero-order valence-corrected chi connectivity index (χ0v) is 15.9. The zero-order chi connectivity index (χ0) is 17.3. The molecule has 0 spiro atoms. The molecule has 1 saturated carbocycles. The Labute approximate surface area is 142 Å². The summed E-state index contributed by atoms with van der Waals surface area (Å²) in [6, 6.07) is -0.0157. The largest absolute Gasteiger partial charge is 0.624 e. The fourth-order valence-electron chi connectivity index (χ4n) is 5.23. The van der Waals surface area contributed by atoms with E-state index >= 15 is 0 Å². The van der Waals surface area contributed by atoms with Gasteiger partial charge in [0.15, 0.2) is 6.04 Å². The first-order chi connectivity index (χ1) is 10.7. The number of hydrogen-bond acceptors (Lipinski definition) is 2. The van der Waals surface area contributed by atoms with Gasteiger partial charge in [0.2, 0.25) is 0 Å². The van der Waals surface area contributed by atoms with Gasteiger partial charge in [-0.1, -0.05) is 26.2 Å². The van der Waals surface area contributed by atoms with Crippen LogP contribution in [0.1, 0.15) is 86.0 Å². The van der Waals surface area contributed by atoms with Crippen molar-refractivity contribution in [3.63, 3.8) is 0 Å². The highest BCUT2D eigenvalue weighted by molar-refractivity contribution is 5.15. The van der Waals surface area contributed by atoms with Gasteiger partial charge in [0.05, 0.1) is 12.8 Å². The molecule has 1 aliphatic heterocycles. The summed E-state index contributed by atoms with van der Waals surface area (Å²) in [5.74, 6) is 0. The third-order valence-electron chi connectivity index (χ3n) is 6.25. The van der Waals surface area contributed by atoms with E-state index in [1.807, 2.05) is 0 Å². The first kappa shape index (κ1) is 18.7. The van der Waals surface area contributed by atoms with Gasteiger partial charge in [0.25, 0.3) is 0 Å². The molecular weight excluding hydrogens is 288 g/mol. The van der Waals surface area contributed by atoms with Crippen molar-refractivity contribution >= 4 is 6.72 Å². The molecule has 0 unspecified atom stereocenters. The molecule has 1 saturated heterocycles. The van der Waals surface area contributed by atoms with Gasteiger partial charge in [-0.05, 0) is 47.0 Å². The molecule has 2 aliphatic rings. The van der Waals surface area contributed by atoms with Crippen molar-refractivity contribution in [3.05, 3.63) is 5.21 Å². The second-order valence-corrected chi connectivity index (χ2v) is 8.93. The Morgan fingerprint density at radius 3 is 2.04 bits per heavy atom. The number of hydroxylamine groups is 4. The number of likely N-dealkylation sites (tertiary alicyclic amines) is 1. The van der Waals surface area contributed by atoms with Gasteiger partial charge >= 0.3 is 0 Å². The van der Waals surface area contributed by atoms with Crippen molar-refractivity contribution in [2.24, 2.45) is 0 Å². The average Bonchev–Trinajstić information content (AvgIpc) is 2.45. The maximum Gasteiger partial charge on any atom is 0.174 e. The van der Waals surface area contributed by atoms with E-state index in [1.54, 1.807) is 0 Å². The molecule has 4 heteroatoms. The van der Waals surface area contributed by atoms with Crippen LogP contribution in [0.15, 0.2) is 0 Å². The minimum Gasteiger partial charge on any atom is -0.624 e. The molecule has 0 radical (unpaired) electrons. The van der Waals surface area contributed by atoms with E-state index in [-0.39, 0.29) is 17.1 Å². The van der Waals surface area contributed by atoms with E-state index in [4.69, 9.17) is 4.84 Å². The maximum absolute atomic E-state index is 11.9. The molecule has 0 atom stereocenters. The van der Waals surface area contributed by atoms with Crippen LogP contribution in [0.2, 0.25) is 0 Å². The molecule has 0 aromatic heterocycles. The standard InChI is InChI=1S/C19H37N2O2/c1-7-13-21(23-17-11-9-8-10-12-17)18(2,3)14-16(20(6)22)15-19(21,4)5/h16-17H,6-15H2,1-5H3/q+1. The Morgan fingerprint density at radius 2 is 1.61 bits per heavy atom. The molecule has 0 aromatic rings. The van der Waals surface area contributed by atoms with E-state index in [0.29, 0.717) is 10.8 Å². The number of hydrogen-bond donors (Lipinski definition) is 0. The topological polar surface area (TPSA) is 35.3 Å². The number of piperidine rings is 1. The van der Waals surface area contributed by atoms with Gasteiger partial charge in [-0.3, -0.25) is 0 Å². The Bertz CT molecular complexity index is 407. The Balaban J connectivity index is 2.35. The van der Waals surface area contributed by atoms with Crippen LogP contribution in [-0.4, -0.2) is 45.9 Å². The van der Waals surface area contributed by atoms with Crippen LogP contribution in [-0.2, 0) is 4.84 Å². The quantitative estimate of drug-likeness (QED) is 0.247. The number of nitrogens with zero attached hydrogens (tertiary/aromatic N) is 2. The fourth-order valence-corrected chi connectivity index (χ4v) is 5.23. The lowest BCUT2D eigenvalue weighted by Gasteiger charge is -2.60. The summed E-state index contributed by atoms with van der Waals surface area (Å²) in [5.41, 5.74) is -0.166. The van der Waals surface area contributed by atoms with E-state index < -0.39 is 0 Å². The zero-order valence-electron chi connectivity index (χ0n) is 15.9. The van der Waals surface area contributed by atoms with Gasteiger partial charge in [0, 0.05) is 0 Å². The van der Waals surface area contributed by atoms with Crippen LogP contribution in [0.3, 0.4) is 0 Å². The molecule has 1 aliphatic carbocycles. The van der Waals surface area contributed by atoms with Crippen LogP contribution < -0.4 is 0 Å². The molecule has 0 aromatic carbocycles. The summed E-state index contributed by atoms with van der Waals surface area (Å²) in [4.78, 5) is 6.92. The highest BCUT2D eigenvalue weighted by atomic mass is 16.7. The third-order valence-corrected chi connectivity index (χ3v) is 6.25. The summed E-state index contributed by atoms with van der Waals surface area (Å²) in [5, 5.41) is 11.9. The summed E-state index contributed by atoms with van der Waals surface area (Å²) < 4.78 is 1.61. The van der Waals surface area contributed by atoms with Crippen molar-refractivity contribution in [1.29, 1.82) is 0 Å². The normalized spacial score (nSPS) is 34.2. The molecule has 134 valence electrons. The van der Waals surface area contributed by atoms with Gasteiger partial charge in [-0.15, -0.1) is 0 Å². The minimum absolute atomic E-state index is 0.0157. The van der Waals surface area contributed by atoms with E-state index in [2.05, 4.69) is 41.3 Å². The molecule has 23 heavy (non-hydrogen) atoms. The lowest BCUT2D eigenvalue weighted by Crippen LogP contribution is -2.76. The average molecular weight is 326 g/mol. The van der Waals surface area contributed by atoms with Crippen molar-refractivity contribution in [3.8, 4) is 0 Å². The van der Waals surface area contributed by atoms with Crippen LogP contribution >= 0.6 is 0 Å². The second kappa shape index (κ2) is 6.72. The number of rotatable bonds is 5. The van der Waals surface area contributed by atoms with Crippen LogP contribution in [0, 0.1) is 5.21 Å². The van der Waals surface area contributed by atoms with Crippen molar-refractivity contribution < 1.29 is 14.2 Å². The molecular formula is C19H37N2O2+. The summed E-state index contributed by atoms with van der Waals surface area (Å²) >= 11 is 0. The van der Waals surface area contributed by atoms with Gasteiger partial charge in [-0.2, -0.15) is 9.48 Å². The van der Waals surface area contributed by atoms with Crippen LogP contribution in [0.5, 0.6) is 0 Å². The SMILES string of the molecule is C=[N+]([O-])C1CC(C)(C)[N+](CCC)(OC2CCCCC2)C(C)(C)C1. The first-order valence-electron chi connectivity index (χ1n) is 9.49. The second-order valence-electron chi connectivity index (χ2n) is 8.93. The Morgan fingerprint density at radius 1 is 1.09 bits per heavy atom. The first-order valence-corrected chi connectivity index (χ1v) is 9.49. The summed E-state index contributed by atoms with van der Waals surface area (Å²) in [6.45, 7) is 16.0. The monoisotopic (exact) mass is 325 g/mol. The lowest BCUT2D eigenvalue weighted by atomic mass is 9.76. The van der Waals surface area contributed by atoms with Gasteiger partial charge < -0.3 is 5.21 Å². The highest BCUT2D eigenvalue weighted by Gasteiger charge is 2.63. The van der Waals surface area contributed by atoms with Gasteiger partial charge in [0.1, 0.15) is 30.4 Å². The van der Waals surface area contributed by atoms with E-state index in [1.165, 1.54) is 32.1 Å². The molecule has 2 fully saturated rings. The predicted molar refractivity (Wildman–Crippen MR) is 95.3 cm³/mol. The minimum atomic E-state index is -0.0831. The smallest absolute Gasteiger partial charge is 0.174 e. The van der Waals surface area contributed by atoms with Crippen molar-refractivity contribution in [1.82, 2.24) is 0 Å². The van der Waals surface area contributed by atoms with E-state index in [0.717, 1.165) is 30.5 Å². The van der Waals surface area contributed by atoms with Crippen LogP contribution in [0.4, 0.5) is 0 Å². The van der Waals surface area contributed by atoms with Crippen LogP contribution in [0.25, 0.3) is 0 Å². The molecule has 1 heterocycles. The summed E-state index contributed by atoms with van der Waals surface area (Å²) in [6.07, 6.45) is 9.43. The van der Waals surface area contributed by atoms with Gasteiger partial charge in [-0.25, -0.2) is 4.74 Å². The highest BCUT2D eigenvalue weighted by Crippen LogP contribution is 2.48. The molecule has 2 rings (SSSR count). The van der Waals surface area contributed by atoms with E-state index in [9.17, 15) is 5.21 Å². The lowest BCUT2D eigenvalue weighted by molar-refractivity contribution is -1.18. The Kier molecular flexibility index (Phi) is 5.47. The third kappa shape index (κ3) is 3.43. The van der Waals surface area contributed by atoms with Crippen molar-refractivity contribution in [2.45, 2.75) is 109 Å². The molecule has 0 N–H and O–H groups in total.